The number of amides is 1. The van der Waals surface area contributed by atoms with Crippen LogP contribution in [0.5, 0.6) is 0 Å². The maximum atomic E-state index is 12.8. The Bertz CT molecular complexity index is 331. The van der Waals surface area contributed by atoms with Crippen molar-refractivity contribution in [3.63, 3.8) is 0 Å². The number of rotatable bonds is 4. The smallest absolute Gasteiger partial charge is 0.244 e. The molecule has 2 atom stereocenters. The van der Waals surface area contributed by atoms with Gasteiger partial charge in [0.2, 0.25) is 5.91 Å². The van der Waals surface area contributed by atoms with E-state index in [2.05, 4.69) is 24.1 Å². The van der Waals surface area contributed by atoms with Gasteiger partial charge in [-0.3, -0.25) is 10.1 Å². The molecule has 3 fully saturated rings. The van der Waals surface area contributed by atoms with Gasteiger partial charge in [-0.15, -0.1) is 0 Å². The quantitative estimate of drug-likeness (QED) is 0.832. The number of carbonyl (C=O) groups is 1. The fourth-order valence-corrected chi connectivity index (χ4v) is 3.99. The Morgan fingerprint density at radius 3 is 2.61 bits per heavy atom. The van der Waals surface area contributed by atoms with E-state index < -0.39 is 0 Å². The van der Waals surface area contributed by atoms with Gasteiger partial charge in [0.1, 0.15) is 0 Å². The van der Waals surface area contributed by atoms with E-state index in [4.69, 9.17) is 0 Å². The molecule has 0 aromatic rings. The van der Waals surface area contributed by atoms with Gasteiger partial charge in [0.25, 0.3) is 0 Å². The van der Waals surface area contributed by atoms with E-state index in [0.717, 1.165) is 25.2 Å². The highest BCUT2D eigenvalue weighted by Gasteiger charge is 2.52. The summed E-state index contributed by atoms with van der Waals surface area (Å²) in [6.45, 7) is 4.40. The summed E-state index contributed by atoms with van der Waals surface area (Å²) in [6.07, 6.45) is 9.83. The summed E-state index contributed by atoms with van der Waals surface area (Å²) in [5.41, 5.74) is -0.184. The van der Waals surface area contributed by atoms with Crippen molar-refractivity contribution in [3.05, 3.63) is 0 Å². The van der Waals surface area contributed by atoms with E-state index in [0.29, 0.717) is 11.9 Å². The minimum Gasteiger partial charge on any atom is -0.323 e. The van der Waals surface area contributed by atoms with Crippen LogP contribution in [-0.4, -0.2) is 28.6 Å². The van der Waals surface area contributed by atoms with Crippen LogP contribution in [0.15, 0.2) is 0 Å². The molecular formula is C15H26N2O. The molecule has 0 aromatic heterocycles. The molecule has 1 amide bonds. The molecule has 2 unspecified atom stereocenters. The van der Waals surface area contributed by atoms with E-state index in [1.54, 1.807) is 0 Å². The summed E-state index contributed by atoms with van der Waals surface area (Å²) in [7, 11) is 0. The molecule has 1 heterocycles. The molecule has 2 saturated carbocycles. The second-order valence-corrected chi connectivity index (χ2v) is 6.56. The summed E-state index contributed by atoms with van der Waals surface area (Å²) >= 11 is 0. The van der Waals surface area contributed by atoms with Gasteiger partial charge in [-0.05, 0) is 38.5 Å². The van der Waals surface area contributed by atoms with Crippen LogP contribution in [0, 0.1) is 5.92 Å². The molecule has 1 saturated heterocycles. The molecule has 102 valence electrons. The minimum absolute atomic E-state index is 0.184. The summed E-state index contributed by atoms with van der Waals surface area (Å²) in [5.74, 6) is 1.30. The third-order valence-corrected chi connectivity index (χ3v) is 5.17. The fraction of sp³-hybridized carbons (Fsp3) is 0.933. The monoisotopic (exact) mass is 250 g/mol. The molecular weight excluding hydrogens is 224 g/mol. The van der Waals surface area contributed by atoms with Crippen molar-refractivity contribution in [2.75, 3.05) is 0 Å². The third-order valence-electron chi connectivity index (χ3n) is 5.17. The Labute approximate surface area is 110 Å². The van der Waals surface area contributed by atoms with Crippen molar-refractivity contribution in [3.8, 4) is 0 Å². The van der Waals surface area contributed by atoms with Gasteiger partial charge in [0, 0.05) is 6.04 Å². The Kier molecular flexibility index (Phi) is 3.13. The molecule has 3 rings (SSSR count). The van der Waals surface area contributed by atoms with E-state index in [1.165, 1.54) is 32.1 Å². The normalized spacial score (nSPS) is 32.4. The first kappa shape index (κ1) is 12.5. The molecule has 3 heteroatoms. The van der Waals surface area contributed by atoms with E-state index in [1.807, 2.05) is 0 Å². The van der Waals surface area contributed by atoms with Crippen LogP contribution >= 0.6 is 0 Å². The zero-order valence-corrected chi connectivity index (χ0v) is 11.7. The average Bonchev–Trinajstić information content (AvgIpc) is 2.99. The molecule has 0 bridgehead atoms. The first-order chi connectivity index (χ1) is 8.66. The molecule has 1 spiro atoms. The summed E-state index contributed by atoms with van der Waals surface area (Å²) < 4.78 is 0. The van der Waals surface area contributed by atoms with Crippen LogP contribution in [0.3, 0.4) is 0 Å². The highest BCUT2D eigenvalue weighted by Crippen LogP contribution is 2.40. The molecule has 3 aliphatic rings. The second-order valence-electron chi connectivity index (χ2n) is 6.56. The summed E-state index contributed by atoms with van der Waals surface area (Å²) in [5, 5.41) is 3.61. The number of nitrogens with zero attached hydrogens (tertiary/aromatic N) is 1. The standard InChI is InChI=1S/C15H26N2O/c1-3-13(10-12-6-7-12)17-11(2)16-15(14(17)18)8-4-5-9-15/h11-13,16H,3-10H2,1-2H3. The van der Waals surface area contributed by atoms with E-state index in [-0.39, 0.29) is 11.7 Å². The maximum Gasteiger partial charge on any atom is 0.244 e. The highest BCUT2D eigenvalue weighted by atomic mass is 16.2. The first-order valence-electron chi connectivity index (χ1n) is 7.77. The second kappa shape index (κ2) is 4.52. The van der Waals surface area contributed by atoms with E-state index in [9.17, 15) is 4.79 Å². The van der Waals surface area contributed by atoms with Crippen LogP contribution in [0.25, 0.3) is 0 Å². The Morgan fingerprint density at radius 2 is 2.06 bits per heavy atom. The largest absolute Gasteiger partial charge is 0.323 e. The maximum absolute atomic E-state index is 12.8. The Morgan fingerprint density at radius 1 is 1.39 bits per heavy atom. The van der Waals surface area contributed by atoms with Crippen molar-refractivity contribution < 1.29 is 4.79 Å². The van der Waals surface area contributed by atoms with Crippen LogP contribution in [0.4, 0.5) is 0 Å². The Hall–Kier alpha value is -0.570. The third kappa shape index (κ3) is 1.97. The van der Waals surface area contributed by atoms with Gasteiger partial charge in [-0.2, -0.15) is 0 Å². The van der Waals surface area contributed by atoms with E-state index >= 15 is 0 Å². The molecule has 1 N–H and O–H groups in total. The first-order valence-corrected chi connectivity index (χ1v) is 7.77. The van der Waals surface area contributed by atoms with Crippen molar-refractivity contribution in [2.45, 2.75) is 83.0 Å². The van der Waals surface area contributed by atoms with Gasteiger partial charge >= 0.3 is 0 Å². The molecule has 2 aliphatic carbocycles. The zero-order chi connectivity index (χ0) is 12.8. The summed E-state index contributed by atoms with van der Waals surface area (Å²) in [4.78, 5) is 15.0. The lowest BCUT2D eigenvalue weighted by Gasteiger charge is -2.31. The van der Waals surface area contributed by atoms with Crippen LogP contribution in [-0.2, 0) is 4.79 Å². The lowest BCUT2D eigenvalue weighted by Crippen LogP contribution is -2.45. The van der Waals surface area contributed by atoms with Gasteiger partial charge in [0.05, 0.1) is 11.7 Å². The van der Waals surface area contributed by atoms with Crippen LogP contribution < -0.4 is 5.32 Å². The summed E-state index contributed by atoms with van der Waals surface area (Å²) in [6, 6.07) is 0.465. The van der Waals surface area contributed by atoms with Crippen LogP contribution in [0.2, 0.25) is 0 Å². The van der Waals surface area contributed by atoms with Crippen molar-refractivity contribution in [2.24, 2.45) is 5.92 Å². The topological polar surface area (TPSA) is 32.3 Å². The number of hydrogen-bond donors (Lipinski definition) is 1. The van der Waals surface area contributed by atoms with Gasteiger partial charge in [-0.1, -0.05) is 32.6 Å². The molecule has 18 heavy (non-hydrogen) atoms. The number of carbonyl (C=O) groups excluding carboxylic acids is 1. The highest BCUT2D eigenvalue weighted by molar-refractivity contribution is 5.89. The van der Waals surface area contributed by atoms with Gasteiger partial charge < -0.3 is 4.90 Å². The minimum atomic E-state index is -0.184. The van der Waals surface area contributed by atoms with Gasteiger partial charge in [-0.25, -0.2) is 0 Å². The Balaban J connectivity index is 1.75. The lowest BCUT2D eigenvalue weighted by atomic mass is 9.96. The molecule has 3 nitrogen and oxygen atoms in total. The van der Waals surface area contributed by atoms with Gasteiger partial charge in [0.15, 0.2) is 0 Å². The molecule has 0 radical (unpaired) electrons. The number of hydrogen-bond acceptors (Lipinski definition) is 2. The molecule has 1 aliphatic heterocycles. The predicted octanol–water partition coefficient (Wildman–Crippen LogP) is 2.66. The predicted molar refractivity (Wildman–Crippen MR) is 72.1 cm³/mol. The number of nitrogens with one attached hydrogen (secondary N) is 1. The fourth-order valence-electron chi connectivity index (χ4n) is 3.99. The SMILES string of the molecule is CCC(CC1CC1)N1C(=O)C2(CCCC2)NC1C. The molecule has 0 aromatic carbocycles. The average molecular weight is 250 g/mol. The zero-order valence-electron chi connectivity index (χ0n) is 11.7. The lowest BCUT2D eigenvalue weighted by molar-refractivity contribution is -0.135. The van der Waals surface area contributed by atoms with Crippen molar-refractivity contribution >= 4 is 5.91 Å². The van der Waals surface area contributed by atoms with Crippen molar-refractivity contribution in [1.82, 2.24) is 10.2 Å². The van der Waals surface area contributed by atoms with Crippen LogP contribution in [0.1, 0.15) is 65.2 Å². The van der Waals surface area contributed by atoms with Crippen molar-refractivity contribution in [1.29, 1.82) is 0 Å².